The minimum Gasteiger partial charge on any atom is -0.323 e. The number of rotatable bonds is 8. The van der Waals surface area contributed by atoms with Crippen LogP contribution in [0, 0.1) is 0 Å². The van der Waals surface area contributed by atoms with Crippen molar-refractivity contribution in [1.82, 2.24) is 50.5 Å². The second kappa shape index (κ2) is 16.3. The molecule has 2 aliphatic rings. The Morgan fingerprint density at radius 1 is 0.623 bits per heavy atom. The SMILES string of the molecule is CC(C)c1cnnc(Nc2ccc3ncc(C4=CCN(C)CC4)cc3n2)c1.CC(C)c1cnnc(Nc2ccc3ncc(C4=CCNCC4)cc3n2)c1. The molecule has 0 saturated carbocycles. The van der Waals surface area contributed by atoms with Gasteiger partial charge in [0.2, 0.25) is 0 Å². The van der Waals surface area contributed by atoms with Crippen molar-refractivity contribution >= 4 is 56.5 Å². The number of aromatic nitrogens is 8. The molecule has 0 aromatic carbocycles. The van der Waals surface area contributed by atoms with Gasteiger partial charge in [-0.2, -0.15) is 10.2 Å². The summed E-state index contributed by atoms with van der Waals surface area (Å²) in [5, 5.41) is 26.3. The molecule has 3 N–H and O–H groups in total. The highest BCUT2D eigenvalue weighted by atomic mass is 15.2. The van der Waals surface area contributed by atoms with Crippen LogP contribution in [0.5, 0.6) is 0 Å². The molecule has 0 saturated heterocycles. The first-order valence-electron chi connectivity index (χ1n) is 18.3. The van der Waals surface area contributed by atoms with Crippen LogP contribution in [-0.2, 0) is 0 Å². The molecule has 0 radical (unpaired) electrons. The summed E-state index contributed by atoms with van der Waals surface area (Å²) >= 11 is 0. The number of hydrogen-bond donors (Lipinski definition) is 3. The number of nitrogens with zero attached hydrogens (tertiary/aromatic N) is 9. The number of nitrogens with one attached hydrogen (secondary N) is 3. The molecule has 6 aromatic heterocycles. The Bertz CT molecular complexity index is 2280. The van der Waals surface area contributed by atoms with E-state index in [0.29, 0.717) is 23.5 Å². The van der Waals surface area contributed by atoms with Gasteiger partial charge in [0.25, 0.3) is 0 Å². The number of anilines is 4. The summed E-state index contributed by atoms with van der Waals surface area (Å²) in [5.41, 5.74) is 10.8. The van der Waals surface area contributed by atoms with Gasteiger partial charge in [-0.25, -0.2) is 9.97 Å². The number of likely N-dealkylation sites (N-methyl/N-ethyl adjacent to an activating group) is 1. The average Bonchev–Trinajstić information content (AvgIpc) is 3.18. The van der Waals surface area contributed by atoms with Gasteiger partial charge in [0, 0.05) is 32.0 Å². The van der Waals surface area contributed by atoms with Crippen LogP contribution in [-0.4, -0.2) is 78.5 Å². The van der Waals surface area contributed by atoms with Gasteiger partial charge in [-0.15, -0.1) is 10.2 Å². The van der Waals surface area contributed by atoms with E-state index >= 15 is 0 Å². The third kappa shape index (κ3) is 9.02. The predicted molar refractivity (Wildman–Crippen MR) is 213 cm³/mol. The zero-order chi connectivity index (χ0) is 36.7. The molecular formula is C41H46N12. The van der Waals surface area contributed by atoms with Crippen molar-refractivity contribution in [2.24, 2.45) is 0 Å². The summed E-state index contributed by atoms with van der Waals surface area (Å²) in [6.45, 7) is 12.5. The topological polar surface area (TPSA) is 142 Å². The highest BCUT2D eigenvalue weighted by Crippen LogP contribution is 2.26. The Morgan fingerprint density at radius 3 is 1.64 bits per heavy atom. The van der Waals surface area contributed by atoms with Crippen LogP contribution in [0.2, 0.25) is 0 Å². The Labute approximate surface area is 310 Å². The average molecular weight is 707 g/mol. The molecule has 0 bridgehead atoms. The molecule has 270 valence electrons. The lowest BCUT2D eigenvalue weighted by molar-refractivity contribution is 0.370. The molecule has 8 rings (SSSR count). The second-order valence-corrected chi connectivity index (χ2v) is 14.2. The molecular weight excluding hydrogens is 661 g/mol. The van der Waals surface area contributed by atoms with Crippen molar-refractivity contribution in [1.29, 1.82) is 0 Å². The monoisotopic (exact) mass is 706 g/mol. The lowest BCUT2D eigenvalue weighted by Crippen LogP contribution is -2.23. The molecule has 0 spiro atoms. The molecule has 53 heavy (non-hydrogen) atoms. The first-order valence-corrected chi connectivity index (χ1v) is 18.3. The summed E-state index contributed by atoms with van der Waals surface area (Å²) < 4.78 is 0. The summed E-state index contributed by atoms with van der Waals surface area (Å²) in [6.07, 6.45) is 14.0. The summed E-state index contributed by atoms with van der Waals surface area (Å²) in [6, 6.07) is 16.1. The molecule has 12 heteroatoms. The van der Waals surface area contributed by atoms with E-state index in [0.717, 1.165) is 95.0 Å². The molecule has 8 heterocycles. The molecule has 0 aliphatic carbocycles. The van der Waals surface area contributed by atoms with Crippen LogP contribution in [0.1, 0.15) is 74.6 Å². The molecule has 0 amide bonds. The van der Waals surface area contributed by atoms with Gasteiger partial charge in [0.1, 0.15) is 11.6 Å². The molecule has 0 atom stereocenters. The summed E-state index contributed by atoms with van der Waals surface area (Å²) in [7, 11) is 2.14. The van der Waals surface area contributed by atoms with E-state index in [2.05, 4.69) is 110 Å². The highest BCUT2D eigenvalue weighted by molar-refractivity contribution is 5.82. The summed E-state index contributed by atoms with van der Waals surface area (Å²) in [4.78, 5) is 20.9. The Morgan fingerprint density at radius 2 is 1.17 bits per heavy atom. The normalized spacial score (nSPS) is 14.8. The van der Waals surface area contributed by atoms with Crippen LogP contribution in [0.15, 0.2) is 85.5 Å². The molecule has 6 aromatic rings. The number of pyridine rings is 4. The van der Waals surface area contributed by atoms with Crippen molar-refractivity contribution in [3.8, 4) is 0 Å². The fraction of sp³-hybridized carbons (Fsp3) is 0.317. The van der Waals surface area contributed by atoms with Crippen molar-refractivity contribution in [3.63, 3.8) is 0 Å². The molecule has 0 fully saturated rings. The Hall–Kier alpha value is -5.72. The minimum absolute atomic E-state index is 0.403. The molecule has 12 nitrogen and oxygen atoms in total. The lowest BCUT2D eigenvalue weighted by atomic mass is 10.0. The van der Waals surface area contributed by atoms with Gasteiger partial charge in [-0.05, 0) is 120 Å². The standard InChI is InChI=1S/C21H24N6.C20H22N6/c1-14(2)16-11-21(26-23-13-16)25-20-5-4-18-19(24-20)10-17(12-22-18)15-6-8-27(3)9-7-15;1-13(2)15-10-20(26-23-12-15)25-19-4-3-17-18(24-19)9-16(11-22-17)14-5-7-21-8-6-14/h4-6,10-14H,7-9H2,1-3H3,(H,24,25,26);3-5,9-13,21H,6-8H2,1-2H3,(H,24,25,26). The Balaban J connectivity index is 0.000000164. The van der Waals surface area contributed by atoms with Crippen molar-refractivity contribution in [2.45, 2.75) is 52.4 Å². The van der Waals surface area contributed by atoms with Gasteiger partial charge < -0.3 is 20.9 Å². The molecule has 0 unspecified atom stereocenters. The second-order valence-electron chi connectivity index (χ2n) is 14.2. The van der Waals surface area contributed by atoms with Gasteiger partial charge in [0.15, 0.2) is 11.6 Å². The zero-order valence-corrected chi connectivity index (χ0v) is 31.0. The van der Waals surface area contributed by atoms with E-state index in [4.69, 9.17) is 9.97 Å². The largest absolute Gasteiger partial charge is 0.323 e. The molecule has 2 aliphatic heterocycles. The Kier molecular flexibility index (Phi) is 11.0. The van der Waals surface area contributed by atoms with E-state index in [1.807, 2.05) is 48.8 Å². The lowest BCUT2D eigenvalue weighted by Gasteiger charge is -2.22. The van der Waals surface area contributed by atoms with Gasteiger partial charge in [-0.1, -0.05) is 39.8 Å². The van der Waals surface area contributed by atoms with Crippen LogP contribution >= 0.6 is 0 Å². The maximum absolute atomic E-state index is 4.74. The van der Waals surface area contributed by atoms with Crippen LogP contribution in [0.3, 0.4) is 0 Å². The van der Waals surface area contributed by atoms with Crippen molar-refractivity contribution < 1.29 is 0 Å². The van der Waals surface area contributed by atoms with E-state index in [1.165, 1.54) is 11.1 Å². The van der Waals surface area contributed by atoms with Crippen molar-refractivity contribution in [3.05, 3.63) is 108 Å². The maximum Gasteiger partial charge on any atom is 0.154 e. The fourth-order valence-corrected chi connectivity index (χ4v) is 6.20. The van der Waals surface area contributed by atoms with Crippen LogP contribution in [0.25, 0.3) is 33.2 Å². The van der Waals surface area contributed by atoms with E-state index in [1.54, 1.807) is 12.4 Å². The smallest absolute Gasteiger partial charge is 0.154 e. The van der Waals surface area contributed by atoms with E-state index in [9.17, 15) is 0 Å². The van der Waals surface area contributed by atoms with Gasteiger partial charge in [-0.3, -0.25) is 9.97 Å². The van der Waals surface area contributed by atoms with Crippen LogP contribution < -0.4 is 16.0 Å². The maximum atomic E-state index is 4.74. The highest BCUT2D eigenvalue weighted by Gasteiger charge is 2.13. The number of fused-ring (bicyclic) bond motifs is 2. The van der Waals surface area contributed by atoms with Crippen molar-refractivity contribution in [2.75, 3.05) is 43.9 Å². The van der Waals surface area contributed by atoms with E-state index in [-0.39, 0.29) is 0 Å². The summed E-state index contributed by atoms with van der Waals surface area (Å²) in [5.74, 6) is 3.70. The zero-order valence-electron chi connectivity index (χ0n) is 31.0. The van der Waals surface area contributed by atoms with Gasteiger partial charge in [0.05, 0.1) is 34.5 Å². The van der Waals surface area contributed by atoms with Crippen LogP contribution in [0.4, 0.5) is 23.3 Å². The first-order chi connectivity index (χ1) is 25.8. The van der Waals surface area contributed by atoms with Gasteiger partial charge >= 0.3 is 0 Å². The fourth-order valence-electron chi connectivity index (χ4n) is 6.20. The third-order valence-corrected chi connectivity index (χ3v) is 9.49. The predicted octanol–water partition coefficient (Wildman–Crippen LogP) is 7.67. The van der Waals surface area contributed by atoms with E-state index < -0.39 is 0 Å². The first kappa shape index (κ1) is 35.7. The minimum atomic E-state index is 0.403. The quantitative estimate of drug-likeness (QED) is 0.143. The number of hydrogen-bond acceptors (Lipinski definition) is 12. The third-order valence-electron chi connectivity index (χ3n) is 9.49.